The molecule has 152 valence electrons. The van der Waals surface area contributed by atoms with Crippen LogP contribution in [0.25, 0.3) is 31.7 Å². The van der Waals surface area contributed by atoms with Gasteiger partial charge < -0.3 is 5.32 Å². The molecule has 0 atom stereocenters. The molecule has 6 nitrogen and oxygen atoms in total. The van der Waals surface area contributed by atoms with Crippen molar-refractivity contribution in [1.82, 2.24) is 14.5 Å². The Morgan fingerprint density at radius 3 is 2.71 bits per heavy atom. The summed E-state index contributed by atoms with van der Waals surface area (Å²) in [6.45, 7) is 1.85. The first kappa shape index (κ1) is 19.1. The first-order chi connectivity index (χ1) is 15.1. The summed E-state index contributed by atoms with van der Waals surface area (Å²) >= 11 is 1.31. The number of aromatic nitrogens is 3. The van der Waals surface area contributed by atoms with Gasteiger partial charge in [-0.3, -0.25) is 14.2 Å². The van der Waals surface area contributed by atoms with Crippen molar-refractivity contribution in [2.45, 2.75) is 13.5 Å². The predicted molar refractivity (Wildman–Crippen MR) is 124 cm³/mol. The van der Waals surface area contributed by atoms with E-state index in [1.807, 2.05) is 73.7 Å². The topological polar surface area (TPSA) is 76.9 Å². The molecule has 0 radical (unpaired) electrons. The largest absolute Gasteiger partial charge is 0.325 e. The number of thiophene rings is 1. The first-order valence-electron chi connectivity index (χ1n) is 9.79. The summed E-state index contributed by atoms with van der Waals surface area (Å²) in [7, 11) is 0. The smallest absolute Gasteiger partial charge is 0.271 e. The summed E-state index contributed by atoms with van der Waals surface area (Å²) < 4.78 is 1.83. The van der Waals surface area contributed by atoms with Crippen LogP contribution in [0.5, 0.6) is 0 Å². The van der Waals surface area contributed by atoms with Gasteiger partial charge in [0.05, 0.1) is 17.5 Å². The van der Waals surface area contributed by atoms with E-state index >= 15 is 0 Å². The third-order valence-electron chi connectivity index (χ3n) is 5.00. The minimum absolute atomic E-state index is 0.105. The molecular formula is C24H18N4O2S. The summed E-state index contributed by atoms with van der Waals surface area (Å²) in [4.78, 5) is 35.4. The van der Waals surface area contributed by atoms with Crippen LogP contribution in [0.2, 0.25) is 0 Å². The second-order valence-corrected chi connectivity index (χ2v) is 8.29. The Bertz CT molecular complexity index is 1490. The fraction of sp³-hybridized carbons (Fsp3) is 0.0833. The molecule has 7 heteroatoms. The minimum Gasteiger partial charge on any atom is -0.325 e. The minimum atomic E-state index is -0.278. The molecule has 0 spiro atoms. The van der Waals surface area contributed by atoms with Gasteiger partial charge in [-0.15, -0.1) is 11.3 Å². The zero-order valence-corrected chi connectivity index (χ0v) is 17.5. The van der Waals surface area contributed by atoms with Gasteiger partial charge >= 0.3 is 0 Å². The van der Waals surface area contributed by atoms with Crippen LogP contribution >= 0.6 is 11.3 Å². The highest BCUT2D eigenvalue weighted by molar-refractivity contribution is 7.25. The SMILES string of the molecule is Cc1cccc(NC(=O)Cn2cnc3c(sc4nc(-c5ccccc5)ccc43)c2=O)c1. The number of amides is 1. The van der Waals surface area contributed by atoms with E-state index in [1.54, 1.807) is 0 Å². The number of hydrogen-bond donors (Lipinski definition) is 1. The van der Waals surface area contributed by atoms with Gasteiger partial charge in [0.1, 0.15) is 16.1 Å². The lowest BCUT2D eigenvalue weighted by Gasteiger charge is -2.07. The predicted octanol–water partition coefficient (Wildman–Crippen LogP) is 4.62. The van der Waals surface area contributed by atoms with Crippen molar-refractivity contribution in [1.29, 1.82) is 0 Å². The van der Waals surface area contributed by atoms with Crippen molar-refractivity contribution >= 4 is 43.4 Å². The van der Waals surface area contributed by atoms with Gasteiger partial charge in [0.15, 0.2) is 0 Å². The van der Waals surface area contributed by atoms with Gasteiger partial charge in [-0.05, 0) is 36.8 Å². The van der Waals surface area contributed by atoms with Gasteiger partial charge in [-0.1, -0.05) is 42.5 Å². The fourth-order valence-electron chi connectivity index (χ4n) is 3.51. The summed E-state index contributed by atoms with van der Waals surface area (Å²) in [6.07, 6.45) is 1.43. The molecule has 0 bridgehead atoms. The number of carbonyl (C=O) groups is 1. The Labute approximate surface area is 181 Å². The van der Waals surface area contributed by atoms with Crippen molar-refractivity contribution in [2.24, 2.45) is 0 Å². The molecule has 0 saturated heterocycles. The maximum Gasteiger partial charge on any atom is 0.271 e. The zero-order valence-electron chi connectivity index (χ0n) is 16.7. The van der Waals surface area contributed by atoms with Crippen LogP contribution in [0, 0.1) is 6.92 Å². The molecule has 2 aromatic carbocycles. The summed E-state index contributed by atoms with van der Waals surface area (Å²) in [6, 6.07) is 21.3. The summed E-state index contributed by atoms with van der Waals surface area (Å²) in [5.74, 6) is -0.278. The Kier molecular flexibility index (Phi) is 4.80. The number of nitrogens with one attached hydrogen (secondary N) is 1. The maximum atomic E-state index is 13.0. The lowest BCUT2D eigenvalue weighted by molar-refractivity contribution is -0.116. The van der Waals surface area contributed by atoms with Crippen molar-refractivity contribution in [3.63, 3.8) is 0 Å². The van der Waals surface area contributed by atoms with Gasteiger partial charge in [-0.25, -0.2) is 9.97 Å². The van der Waals surface area contributed by atoms with Crippen molar-refractivity contribution in [2.75, 3.05) is 5.32 Å². The molecule has 5 aromatic rings. The van der Waals surface area contributed by atoms with Crippen molar-refractivity contribution < 1.29 is 4.79 Å². The molecule has 0 fully saturated rings. The number of pyridine rings is 1. The second-order valence-electron chi connectivity index (χ2n) is 7.29. The Morgan fingerprint density at radius 1 is 1.06 bits per heavy atom. The monoisotopic (exact) mass is 426 g/mol. The molecule has 0 aliphatic heterocycles. The molecule has 0 saturated carbocycles. The average molecular weight is 427 g/mol. The molecule has 5 rings (SSSR count). The third kappa shape index (κ3) is 3.71. The summed E-state index contributed by atoms with van der Waals surface area (Å²) in [5, 5.41) is 3.66. The number of hydrogen-bond acceptors (Lipinski definition) is 5. The fourth-order valence-corrected chi connectivity index (χ4v) is 4.59. The number of fused-ring (bicyclic) bond motifs is 3. The van der Waals surface area contributed by atoms with Crippen LogP contribution in [0.15, 0.2) is 77.9 Å². The Balaban J connectivity index is 1.48. The van der Waals surface area contributed by atoms with E-state index in [9.17, 15) is 9.59 Å². The van der Waals surface area contributed by atoms with E-state index in [0.29, 0.717) is 15.9 Å². The maximum absolute atomic E-state index is 13.0. The molecule has 1 N–H and O–H groups in total. The normalized spacial score (nSPS) is 11.1. The molecular weight excluding hydrogens is 408 g/mol. The number of nitrogens with zero attached hydrogens (tertiary/aromatic N) is 3. The number of benzene rings is 2. The van der Waals surface area contributed by atoms with E-state index in [2.05, 4.69) is 10.3 Å². The molecule has 31 heavy (non-hydrogen) atoms. The molecule has 0 aliphatic rings. The third-order valence-corrected chi connectivity index (χ3v) is 6.07. The van der Waals surface area contributed by atoms with Crippen molar-refractivity contribution in [3.8, 4) is 11.3 Å². The van der Waals surface area contributed by atoms with E-state index in [-0.39, 0.29) is 18.0 Å². The average Bonchev–Trinajstić information content (AvgIpc) is 3.15. The van der Waals surface area contributed by atoms with E-state index in [1.165, 1.54) is 22.2 Å². The highest BCUT2D eigenvalue weighted by Gasteiger charge is 2.15. The standard InChI is InChI=1S/C24H18N4O2S/c1-15-6-5-9-17(12-15)26-20(29)13-28-14-25-21-18-10-11-19(16-7-3-2-4-8-16)27-23(18)31-22(21)24(28)30/h2-12,14H,13H2,1H3,(H,26,29). The number of rotatable bonds is 4. The van der Waals surface area contributed by atoms with Crippen LogP contribution in [-0.2, 0) is 11.3 Å². The number of anilines is 1. The van der Waals surface area contributed by atoms with Gasteiger partial charge in [0.2, 0.25) is 5.91 Å². The van der Waals surface area contributed by atoms with Crippen molar-refractivity contribution in [3.05, 3.63) is 89.0 Å². The second kappa shape index (κ2) is 7.77. The van der Waals surface area contributed by atoms with Crippen LogP contribution in [0.3, 0.4) is 0 Å². The molecule has 1 amide bonds. The van der Waals surface area contributed by atoms with Crippen LogP contribution in [-0.4, -0.2) is 20.4 Å². The van der Waals surface area contributed by atoms with Crippen LogP contribution in [0.4, 0.5) is 5.69 Å². The highest BCUT2D eigenvalue weighted by Crippen LogP contribution is 2.31. The van der Waals surface area contributed by atoms with E-state index in [4.69, 9.17) is 4.98 Å². The molecule has 3 aromatic heterocycles. The van der Waals surface area contributed by atoms with Crippen LogP contribution < -0.4 is 10.9 Å². The zero-order chi connectivity index (χ0) is 21.4. The molecule has 0 unspecified atom stereocenters. The van der Waals surface area contributed by atoms with Gasteiger partial charge in [0, 0.05) is 16.6 Å². The van der Waals surface area contributed by atoms with Crippen LogP contribution in [0.1, 0.15) is 5.56 Å². The lowest BCUT2D eigenvalue weighted by atomic mass is 10.1. The molecule has 0 aliphatic carbocycles. The first-order valence-corrected chi connectivity index (χ1v) is 10.6. The van der Waals surface area contributed by atoms with E-state index in [0.717, 1.165) is 27.0 Å². The quantitative estimate of drug-likeness (QED) is 0.455. The summed E-state index contributed by atoms with van der Waals surface area (Å²) in [5.41, 5.74) is 3.98. The highest BCUT2D eigenvalue weighted by atomic mass is 32.1. The van der Waals surface area contributed by atoms with Gasteiger partial charge in [0.25, 0.3) is 5.56 Å². The number of aryl methyl sites for hydroxylation is 1. The van der Waals surface area contributed by atoms with E-state index < -0.39 is 0 Å². The number of carbonyl (C=O) groups excluding carboxylic acids is 1. The molecule has 3 heterocycles. The van der Waals surface area contributed by atoms with Gasteiger partial charge in [-0.2, -0.15) is 0 Å². The Hall–Kier alpha value is -3.84. The lowest BCUT2D eigenvalue weighted by Crippen LogP contribution is -2.27. The Morgan fingerprint density at radius 2 is 1.90 bits per heavy atom.